The number of carbonyl (C=O) groups excluding carboxylic acids is 2. The minimum atomic E-state index is -0.647. The van der Waals surface area contributed by atoms with Gasteiger partial charge in [-0.1, -0.05) is 42.8 Å². The number of hydrogen-bond acceptors (Lipinski definition) is 4. The topological polar surface area (TPSA) is 87.3 Å². The van der Waals surface area contributed by atoms with Crippen LogP contribution in [-0.2, 0) is 28.9 Å². The minimum absolute atomic E-state index is 0.0638. The van der Waals surface area contributed by atoms with E-state index in [9.17, 15) is 9.59 Å². The number of aryl methyl sites for hydroxylation is 2. The largest absolute Gasteiger partial charge is 0.453 e. The van der Waals surface area contributed by atoms with Crippen LogP contribution in [0.25, 0.3) is 11.3 Å². The van der Waals surface area contributed by atoms with E-state index >= 15 is 0 Å². The summed E-state index contributed by atoms with van der Waals surface area (Å²) in [5, 5.41) is 2.67. The van der Waals surface area contributed by atoms with Gasteiger partial charge in [-0.2, -0.15) is 0 Å². The number of aromatic nitrogens is 2. The average Bonchev–Trinajstić information content (AvgIpc) is 3.13. The summed E-state index contributed by atoms with van der Waals surface area (Å²) in [5.41, 5.74) is 4.53. The van der Waals surface area contributed by atoms with Crippen molar-refractivity contribution in [3.05, 3.63) is 39.8 Å². The maximum atomic E-state index is 13.2. The summed E-state index contributed by atoms with van der Waals surface area (Å²) in [4.78, 5) is 34.9. The number of fused-ring (bicyclic) bond motifs is 3. The van der Waals surface area contributed by atoms with Crippen molar-refractivity contribution >= 4 is 27.9 Å². The molecule has 1 aliphatic rings. The van der Waals surface area contributed by atoms with Crippen molar-refractivity contribution in [1.29, 1.82) is 0 Å². The number of nitrogens with zero attached hydrogens (tertiary/aromatic N) is 2. The van der Waals surface area contributed by atoms with Gasteiger partial charge in [-0.3, -0.25) is 4.79 Å². The van der Waals surface area contributed by atoms with Crippen LogP contribution in [0.4, 0.5) is 4.79 Å². The Morgan fingerprint density at radius 2 is 2.10 bits per heavy atom. The van der Waals surface area contributed by atoms with Crippen molar-refractivity contribution in [2.75, 3.05) is 13.7 Å². The molecule has 0 aliphatic heterocycles. The van der Waals surface area contributed by atoms with Crippen LogP contribution in [-0.4, -0.2) is 46.6 Å². The van der Waals surface area contributed by atoms with E-state index in [4.69, 9.17) is 9.72 Å². The number of alkyl carbamates (subject to hydrolysis) is 1. The number of imidazole rings is 1. The van der Waals surface area contributed by atoms with Crippen LogP contribution in [0.3, 0.4) is 0 Å². The summed E-state index contributed by atoms with van der Waals surface area (Å²) in [6.45, 7) is 6.80. The van der Waals surface area contributed by atoms with E-state index in [1.165, 1.54) is 18.2 Å². The summed E-state index contributed by atoms with van der Waals surface area (Å²) in [6, 6.07) is 5.64. The molecule has 0 saturated heterocycles. The standard InChI is InChI=1S/C22H29BrN4O3/c1-5-10-27(21(28)19(13(2)3)26-22(29)30-4)12-18-24-17-9-6-14-11-15(23)7-8-16(14)20(17)25-18/h7-8,11,13,19H,5-6,9-10,12H2,1-4H3,(H,24,25)(H,26,29)/t19-/m0/s1. The van der Waals surface area contributed by atoms with Gasteiger partial charge in [0.25, 0.3) is 0 Å². The number of aromatic amines is 1. The molecule has 3 rings (SSSR count). The van der Waals surface area contributed by atoms with E-state index in [1.54, 1.807) is 4.90 Å². The second-order valence-electron chi connectivity index (χ2n) is 7.92. The Balaban J connectivity index is 1.83. The van der Waals surface area contributed by atoms with Crippen molar-refractivity contribution in [3.63, 3.8) is 0 Å². The Kier molecular flexibility index (Phi) is 7.18. The van der Waals surface area contributed by atoms with Crippen molar-refractivity contribution < 1.29 is 14.3 Å². The Labute approximate surface area is 185 Å². The second kappa shape index (κ2) is 9.64. The highest BCUT2D eigenvalue weighted by Gasteiger charge is 2.30. The van der Waals surface area contributed by atoms with Crippen LogP contribution in [0.15, 0.2) is 22.7 Å². The molecule has 0 bridgehead atoms. The zero-order valence-electron chi connectivity index (χ0n) is 17.9. The third-order valence-corrected chi connectivity index (χ3v) is 5.83. The normalized spacial score (nSPS) is 13.4. The first-order chi connectivity index (χ1) is 14.3. The Hall–Kier alpha value is -2.35. The summed E-state index contributed by atoms with van der Waals surface area (Å²) in [5.74, 6) is 0.570. The van der Waals surface area contributed by atoms with Gasteiger partial charge in [0.1, 0.15) is 11.9 Å². The molecular formula is C22H29BrN4O3. The molecule has 8 heteroatoms. The minimum Gasteiger partial charge on any atom is -0.453 e. The van der Waals surface area contributed by atoms with Crippen LogP contribution in [0.2, 0.25) is 0 Å². The van der Waals surface area contributed by atoms with Crippen LogP contribution >= 0.6 is 15.9 Å². The number of rotatable bonds is 7. The number of nitrogens with one attached hydrogen (secondary N) is 2. The van der Waals surface area contributed by atoms with Crippen molar-refractivity contribution in [1.82, 2.24) is 20.2 Å². The molecule has 1 atom stereocenters. The Morgan fingerprint density at radius 1 is 1.33 bits per heavy atom. The van der Waals surface area contributed by atoms with Crippen LogP contribution < -0.4 is 5.32 Å². The lowest BCUT2D eigenvalue weighted by Gasteiger charge is -2.28. The van der Waals surface area contributed by atoms with Gasteiger partial charge in [0.2, 0.25) is 5.91 Å². The number of H-pyrrole nitrogens is 1. The summed E-state index contributed by atoms with van der Waals surface area (Å²) in [6.07, 6.45) is 2.03. The van der Waals surface area contributed by atoms with Gasteiger partial charge in [0.05, 0.1) is 25.0 Å². The van der Waals surface area contributed by atoms with Crippen molar-refractivity contribution in [2.24, 2.45) is 5.92 Å². The fourth-order valence-electron chi connectivity index (χ4n) is 3.82. The molecule has 0 radical (unpaired) electrons. The first-order valence-electron chi connectivity index (χ1n) is 10.3. The number of methoxy groups -OCH3 is 1. The lowest BCUT2D eigenvalue weighted by molar-refractivity contribution is -0.135. The van der Waals surface area contributed by atoms with Gasteiger partial charge < -0.3 is 19.9 Å². The number of benzene rings is 1. The van der Waals surface area contributed by atoms with E-state index < -0.39 is 12.1 Å². The molecule has 162 valence electrons. The molecule has 0 fully saturated rings. The predicted octanol–water partition coefficient (Wildman–Crippen LogP) is 4.06. The molecule has 1 aromatic heterocycles. The molecule has 0 spiro atoms. The molecule has 7 nitrogen and oxygen atoms in total. The van der Waals surface area contributed by atoms with Crippen LogP contribution in [0.1, 0.15) is 44.3 Å². The Morgan fingerprint density at radius 3 is 2.77 bits per heavy atom. The third kappa shape index (κ3) is 4.86. The lowest BCUT2D eigenvalue weighted by atomic mass is 9.92. The monoisotopic (exact) mass is 476 g/mol. The first kappa shape index (κ1) is 22.3. The molecule has 0 saturated carbocycles. The second-order valence-corrected chi connectivity index (χ2v) is 8.84. The highest BCUT2D eigenvalue weighted by molar-refractivity contribution is 9.10. The number of hydrogen-bond donors (Lipinski definition) is 2. The Bertz CT molecular complexity index is 925. The molecule has 2 amide bonds. The number of carbonyl (C=O) groups is 2. The van der Waals surface area contributed by atoms with E-state index in [1.807, 2.05) is 26.8 Å². The molecule has 1 heterocycles. The zero-order valence-corrected chi connectivity index (χ0v) is 19.5. The first-order valence-corrected chi connectivity index (χ1v) is 11.1. The smallest absolute Gasteiger partial charge is 0.407 e. The number of halogens is 1. The summed E-state index contributed by atoms with van der Waals surface area (Å²) in [7, 11) is 1.30. The highest BCUT2D eigenvalue weighted by atomic mass is 79.9. The van der Waals surface area contributed by atoms with Gasteiger partial charge in [0.15, 0.2) is 0 Å². The number of amides is 2. The van der Waals surface area contributed by atoms with E-state index in [-0.39, 0.29) is 11.8 Å². The molecular weight excluding hydrogens is 448 g/mol. The van der Waals surface area contributed by atoms with Gasteiger partial charge in [0, 0.05) is 16.6 Å². The van der Waals surface area contributed by atoms with Crippen molar-refractivity contribution in [2.45, 2.75) is 52.6 Å². The quantitative estimate of drug-likeness (QED) is 0.630. The highest BCUT2D eigenvalue weighted by Crippen LogP contribution is 2.33. The fourth-order valence-corrected chi connectivity index (χ4v) is 4.23. The van der Waals surface area contributed by atoms with Gasteiger partial charge >= 0.3 is 6.09 Å². The summed E-state index contributed by atoms with van der Waals surface area (Å²) < 4.78 is 5.76. The lowest BCUT2D eigenvalue weighted by Crippen LogP contribution is -2.51. The molecule has 0 unspecified atom stereocenters. The van der Waals surface area contributed by atoms with Crippen molar-refractivity contribution in [3.8, 4) is 11.3 Å². The molecule has 1 aromatic carbocycles. The predicted molar refractivity (Wildman–Crippen MR) is 119 cm³/mol. The molecule has 2 aromatic rings. The van der Waals surface area contributed by atoms with E-state index in [0.717, 1.165) is 40.9 Å². The van der Waals surface area contributed by atoms with Gasteiger partial charge in [-0.05, 0) is 42.9 Å². The fraction of sp³-hybridized carbons (Fsp3) is 0.500. The zero-order chi connectivity index (χ0) is 21.8. The van der Waals surface area contributed by atoms with Gasteiger partial charge in [-0.25, -0.2) is 9.78 Å². The molecule has 1 aliphatic carbocycles. The average molecular weight is 477 g/mol. The maximum Gasteiger partial charge on any atom is 0.407 e. The SMILES string of the molecule is CCCN(Cc1nc2c([nH]1)-c1ccc(Br)cc1CC2)C(=O)[C@@H](NC(=O)OC)C(C)C. The van der Waals surface area contributed by atoms with E-state index in [2.05, 4.69) is 38.4 Å². The molecule has 2 N–H and O–H groups in total. The third-order valence-electron chi connectivity index (χ3n) is 5.33. The van der Waals surface area contributed by atoms with Crippen LogP contribution in [0, 0.1) is 5.92 Å². The summed E-state index contributed by atoms with van der Waals surface area (Å²) >= 11 is 3.54. The molecule has 30 heavy (non-hydrogen) atoms. The van der Waals surface area contributed by atoms with E-state index in [0.29, 0.717) is 13.1 Å². The van der Waals surface area contributed by atoms with Gasteiger partial charge in [-0.15, -0.1) is 0 Å². The van der Waals surface area contributed by atoms with Crippen LogP contribution in [0.5, 0.6) is 0 Å². The maximum absolute atomic E-state index is 13.2. The number of ether oxygens (including phenoxy) is 1.